The number of ether oxygens (including phenoxy) is 14. The van der Waals surface area contributed by atoms with Gasteiger partial charge in [0.1, 0.15) is 19.8 Å². The Morgan fingerprint density at radius 3 is 1.05 bits per heavy atom. The van der Waals surface area contributed by atoms with Crippen molar-refractivity contribution in [2.75, 3.05) is 191 Å². The maximum Gasteiger partial charge on any atom is 0.407 e. The predicted octanol–water partition coefficient (Wildman–Crippen LogP) is 1.94. The smallest absolute Gasteiger partial charge is 0.407 e. The number of benzene rings is 2. The molecule has 3 N–H and O–H groups in total. The van der Waals surface area contributed by atoms with Crippen molar-refractivity contribution in [2.24, 2.45) is 0 Å². The van der Waals surface area contributed by atoms with E-state index in [-0.39, 0.29) is 19.1 Å². The van der Waals surface area contributed by atoms with Crippen molar-refractivity contribution in [1.82, 2.24) is 10.6 Å². The predicted molar refractivity (Wildman–Crippen MR) is 234 cm³/mol. The number of aliphatic carboxylic acids is 1. The molecule has 2 aromatic carbocycles. The average Bonchev–Trinajstić information content (AvgIpc) is 3.63. The number of hydrogen-bond donors (Lipinski definition) is 3. The number of hydrogen-bond acceptors (Lipinski definition) is 17. The van der Waals surface area contributed by atoms with Crippen LogP contribution in [0.25, 0.3) is 11.1 Å². The molecule has 368 valence electrons. The first kappa shape index (κ1) is 55.5. The van der Waals surface area contributed by atoms with Crippen molar-refractivity contribution in [3.05, 3.63) is 59.7 Å². The minimum atomic E-state index is -1.13. The van der Waals surface area contributed by atoms with Gasteiger partial charge in [-0.2, -0.15) is 0 Å². The van der Waals surface area contributed by atoms with Crippen molar-refractivity contribution < 1.29 is 85.8 Å². The van der Waals surface area contributed by atoms with Crippen LogP contribution in [-0.2, 0) is 75.9 Å². The molecular formula is C45H70N2O18. The number of carboxylic acids is 1. The topological polar surface area (TPSA) is 225 Å². The molecule has 0 radical (unpaired) electrons. The summed E-state index contributed by atoms with van der Waals surface area (Å²) in [6.45, 7) is 10.6. The number of carbonyl (C=O) groups is 3. The largest absolute Gasteiger partial charge is 0.480 e. The van der Waals surface area contributed by atoms with E-state index in [1.807, 2.05) is 24.3 Å². The quantitative estimate of drug-likeness (QED) is 0.0808. The Labute approximate surface area is 381 Å². The van der Waals surface area contributed by atoms with E-state index in [2.05, 4.69) is 39.6 Å². The first-order chi connectivity index (χ1) is 32.1. The SMILES string of the molecule is O=C(O)COCC(=O)NCCOCCOCCOCCOCCOCCOCCOCCOCCOCCOCCOCCOCCNC(=O)OCC1c2ccccc2-c2ccccc21. The van der Waals surface area contributed by atoms with Crippen LogP contribution in [0.4, 0.5) is 4.79 Å². The maximum absolute atomic E-state index is 12.3. The van der Waals surface area contributed by atoms with E-state index in [0.717, 1.165) is 0 Å². The van der Waals surface area contributed by atoms with Crippen molar-refractivity contribution in [3.63, 3.8) is 0 Å². The zero-order valence-corrected chi connectivity index (χ0v) is 37.6. The van der Waals surface area contributed by atoms with Crippen LogP contribution in [0, 0.1) is 0 Å². The molecule has 2 amide bonds. The molecule has 65 heavy (non-hydrogen) atoms. The van der Waals surface area contributed by atoms with E-state index in [9.17, 15) is 14.4 Å². The summed E-state index contributed by atoms with van der Waals surface area (Å²) in [5.74, 6) is -1.50. The van der Waals surface area contributed by atoms with Crippen molar-refractivity contribution in [3.8, 4) is 11.1 Å². The van der Waals surface area contributed by atoms with Crippen LogP contribution in [-0.4, -0.2) is 215 Å². The molecule has 1 aliphatic rings. The molecular weight excluding hydrogens is 856 g/mol. The first-order valence-corrected chi connectivity index (χ1v) is 22.1. The Bertz CT molecular complexity index is 1460. The van der Waals surface area contributed by atoms with Crippen molar-refractivity contribution >= 4 is 18.0 Å². The van der Waals surface area contributed by atoms with Gasteiger partial charge in [-0.05, 0) is 22.3 Å². The molecule has 0 bridgehead atoms. The molecule has 0 aromatic heterocycles. The normalized spacial score (nSPS) is 12.0. The van der Waals surface area contributed by atoms with E-state index >= 15 is 0 Å². The fourth-order valence-electron chi connectivity index (χ4n) is 5.94. The molecule has 0 spiro atoms. The van der Waals surface area contributed by atoms with E-state index in [0.29, 0.717) is 172 Å². The third-order valence-electron chi connectivity index (χ3n) is 8.98. The summed E-state index contributed by atoms with van der Waals surface area (Å²) < 4.78 is 75.9. The van der Waals surface area contributed by atoms with Crippen LogP contribution in [0.1, 0.15) is 17.0 Å². The van der Waals surface area contributed by atoms with Crippen LogP contribution < -0.4 is 10.6 Å². The number of fused-ring (bicyclic) bond motifs is 3. The Kier molecular flexibility index (Phi) is 33.5. The van der Waals surface area contributed by atoms with Gasteiger partial charge in [0.05, 0.1) is 159 Å². The zero-order valence-electron chi connectivity index (χ0n) is 37.6. The third kappa shape index (κ3) is 28.7. The molecule has 3 rings (SSSR count). The van der Waals surface area contributed by atoms with Gasteiger partial charge in [-0.25, -0.2) is 9.59 Å². The molecule has 20 heteroatoms. The van der Waals surface area contributed by atoms with Gasteiger partial charge in [-0.15, -0.1) is 0 Å². The second-order valence-corrected chi connectivity index (χ2v) is 13.8. The summed E-state index contributed by atoms with van der Waals surface area (Å²) in [6.07, 6.45) is -0.461. The summed E-state index contributed by atoms with van der Waals surface area (Å²) in [5, 5.41) is 13.7. The number of amides is 2. The van der Waals surface area contributed by atoms with Crippen LogP contribution in [0.2, 0.25) is 0 Å². The second-order valence-electron chi connectivity index (χ2n) is 13.8. The van der Waals surface area contributed by atoms with E-state index in [4.69, 9.17) is 66.7 Å². The fourth-order valence-corrected chi connectivity index (χ4v) is 5.94. The van der Waals surface area contributed by atoms with Crippen LogP contribution >= 0.6 is 0 Å². The van der Waals surface area contributed by atoms with Crippen LogP contribution in [0.15, 0.2) is 48.5 Å². The van der Waals surface area contributed by atoms with Gasteiger partial charge in [-0.1, -0.05) is 48.5 Å². The third-order valence-corrected chi connectivity index (χ3v) is 8.98. The Morgan fingerprint density at radius 1 is 0.400 bits per heavy atom. The van der Waals surface area contributed by atoms with Gasteiger partial charge in [0.25, 0.3) is 0 Å². The van der Waals surface area contributed by atoms with E-state index in [1.54, 1.807) is 0 Å². The Morgan fingerprint density at radius 2 is 0.708 bits per heavy atom. The number of alkyl carbamates (subject to hydrolysis) is 1. The highest BCUT2D eigenvalue weighted by Crippen LogP contribution is 2.44. The number of carboxylic acid groups (broad SMARTS) is 1. The van der Waals surface area contributed by atoms with Crippen molar-refractivity contribution in [2.45, 2.75) is 5.92 Å². The summed E-state index contributed by atoms with van der Waals surface area (Å²) >= 11 is 0. The molecule has 20 nitrogen and oxygen atoms in total. The maximum atomic E-state index is 12.3. The average molecular weight is 927 g/mol. The summed E-state index contributed by atoms with van der Waals surface area (Å²) in [7, 11) is 0. The lowest BCUT2D eigenvalue weighted by Crippen LogP contribution is -2.31. The molecule has 0 fully saturated rings. The van der Waals surface area contributed by atoms with Gasteiger partial charge in [0, 0.05) is 19.0 Å². The van der Waals surface area contributed by atoms with E-state index < -0.39 is 24.6 Å². The standard InChI is InChI=1S/C45H70N2O18/c48-43(36-64-37-44(49)50)46-9-11-52-13-15-54-17-19-56-21-23-58-25-27-60-29-31-62-33-34-63-32-30-61-28-26-59-24-22-57-20-18-55-16-14-53-12-10-47-45(51)65-35-42-40-7-3-1-5-38(40)39-6-2-4-8-41(39)42/h1-8,42H,9-37H2,(H,46,48)(H,47,51)(H,49,50). The lowest BCUT2D eigenvalue weighted by atomic mass is 9.98. The second kappa shape index (κ2) is 39.3. The molecule has 0 atom stereocenters. The summed E-state index contributed by atoms with van der Waals surface area (Å²) in [4.78, 5) is 34.0. The van der Waals surface area contributed by atoms with Crippen LogP contribution in [0.3, 0.4) is 0 Å². The minimum Gasteiger partial charge on any atom is -0.480 e. The monoisotopic (exact) mass is 926 g/mol. The first-order valence-electron chi connectivity index (χ1n) is 22.1. The fraction of sp³-hybridized carbons (Fsp3) is 0.667. The van der Waals surface area contributed by atoms with E-state index in [1.165, 1.54) is 22.3 Å². The Hall–Kier alpha value is -3.87. The van der Waals surface area contributed by atoms with Gasteiger partial charge < -0.3 is 82.1 Å². The zero-order chi connectivity index (χ0) is 46.1. The molecule has 0 saturated heterocycles. The Balaban J connectivity index is 0.909. The summed E-state index contributed by atoms with van der Waals surface area (Å²) in [6, 6.07) is 16.5. The van der Waals surface area contributed by atoms with Crippen LogP contribution in [0.5, 0.6) is 0 Å². The van der Waals surface area contributed by atoms with Gasteiger partial charge >= 0.3 is 12.1 Å². The highest BCUT2D eigenvalue weighted by molar-refractivity contribution is 5.79. The minimum absolute atomic E-state index is 0.0275. The number of rotatable bonds is 45. The van der Waals surface area contributed by atoms with Gasteiger partial charge in [0.2, 0.25) is 5.91 Å². The lowest BCUT2D eigenvalue weighted by molar-refractivity contribution is -0.143. The number of nitrogens with one attached hydrogen (secondary N) is 2. The molecule has 0 aliphatic heterocycles. The van der Waals surface area contributed by atoms with Crippen molar-refractivity contribution in [1.29, 1.82) is 0 Å². The lowest BCUT2D eigenvalue weighted by Gasteiger charge is -2.14. The molecule has 1 aliphatic carbocycles. The molecule has 0 heterocycles. The van der Waals surface area contributed by atoms with Gasteiger partial charge in [0.15, 0.2) is 0 Å². The number of carbonyl (C=O) groups excluding carboxylic acids is 2. The highest BCUT2D eigenvalue weighted by atomic mass is 16.6. The highest BCUT2D eigenvalue weighted by Gasteiger charge is 2.29. The summed E-state index contributed by atoms with van der Waals surface area (Å²) in [5.41, 5.74) is 4.74. The molecule has 0 unspecified atom stereocenters. The molecule has 2 aromatic rings. The van der Waals surface area contributed by atoms with Gasteiger partial charge in [-0.3, -0.25) is 4.79 Å². The molecule has 0 saturated carbocycles.